The van der Waals surface area contributed by atoms with Crippen molar-refractivity contribution >= 4 is 28.1 Å². The number of nitrogen functional groups attached to an aromatic ring is 1. The Morgan fingerprint density at radius 2 is 2.16 bits per heavy atom. The van der Waals surface area contributed by atoms with Gasteiger partial charge in [0, 0.05) is 23.5 Å². The molecule has 0 atom stereocenters. The number of carbonyl (C=O) groups is 1. The molecule has 126 valence electrons. The van der Waals surface area contributed by atoms with Gasteiger partial charge in [0.15, 0.2) is 5.01 Å². The first-order valence-electron chi connectivity index (χ1n) is 7.80. The van der Waals surface area contributed by atoms with Crippen LogP contribution in [0.4, 0.5) is 10.8 Å². The molecule has 3 aromatic rings. The standard InChI is InChI=1S/C17H15N5O2S/c18-13-8-10(3-6-14(13)24-12-4-5-12)15(23)20-17-22-21-16(25-17)11-2-1-7-19-9-11/h1-3,6-9,12H,4-5,18H2,(H,20,22,23). The van der Waals surface area contributed by atoms with E-state index in [-0.39, 0.29) is 12.0 Å². The van der Waals surface area contributed by atoms with Gasteiger partial charge in [-0.2, -0.15) is 0 Å². The van der Waals surface area contributed by atoms with E-state index in [0.717, 1.165) is 18.4 Å². The monoisotopic (exact) mass is 353 g/mol. The van der Waals surface area contributed by atoms with Crippen LogP contribution in [0.3, 0.4) is 0 Å². The Labute approximate surface area is 147 Å². The molecule has 1 fully saturated rings. The van der Waals surface area contributed by atoms with E-state index in [2.05, 4.69) is 20.5 Å². The van der Waals surface area contributed by atoms with Gasteiger partial charge in [-0.1, -0.05) is 11.3 Å². The van der Waals surface area contributed by atoms with E-state index in [1.807, 2.05) is 12.1 Å². The number of nitrogens with one attached hydrogen (secondary N) is 1. The van der Waals surface area contributed by atoms with E-state index in [1.165, 1.54) is 11.3 Å². The number of rotatable bonds is 5. The van der Waals surface area contributed by atoms with E-state index < -0.39 is 0 Å². The van der Waals surface area contributed by atoms with Crippen LogP contribution in [0.5, 0.6) is 5.75 Å². The van der Waals surface area contributed by atoms with Gasteiger partial charge in [-0.3, -0.25) is 15.1 Å². The molecule has 25 heavy (non-hydrogen) atoms. The minimum Gasteiger partial charge on any atom is -0.488 e. The number of anilines is 2. The van der Waals surface area contributed by atoms with Crippen LogP contribution in [0, 0.1) is 0 Å². The third-order valence-electron chi connectivity index (χ3n) is 3.64. The van der Waals surface area contributed by atoms with Crippen LogP contribution in [0.15, 0.2) is 42.7 Å². The van der Waals surface area contributed by atoms with Gasteiger partial charge in [-0.25, -0.2) is 0 Å². The third-order valence-corrected chi connectivity index (χ3v) is 4.53. The van der Waals surface area contributed by atoms with Gasteiger partial charge in [0.1, 0.15) is 5.75 Å². The minimum absolute atomic E-state index is 0.259. The quantitative estimate of drug-likeness (QED) is 0.684. The Morgan fingerprint density at radius 3 is 2.88 bits per heavy atom. The largest absolute Gasteiger partial charge is 0.488 e. The summed E-state index contributed by atoms with van der Waals surface area (Å²) in [6, 6.07) is 8.73. The number of amides is 1. The Balaban J connectivity index is 1.46. The molecule has 0 aliphatic heterocycles. The van der Waals surface area contributed by atoms with Gasteiger partial charge in [-0.05, 0) is 43.2 Å². The number of ether oxygens (including phenoxy) is 1. The number of pyridine rings is 1. The number of hydrogen-bond donors (Lipinski definition) is 2. The lowest BCUT2D eigenvalue weighted by Gasteiger charge is -2.09. The van der Waals surface area contributed by atoms with E-state index >= 15 is 0 Å². The molecule has 0 bridgehead atoms. The van der Waals surface area contributed by atoms with Gasteiger partial charge in [-0.15, -0.1) is 10.2 Å². The molecule has 4 rings (SSSR count). The SMILES string of the molecule is Nc1cc(C(=O)Nc2nnc(-c3cccnc3)s2)ccc1OC1CC1. The Bertz CT molecular complexity index is 908. The van der Waals surface area contributed by atoms with Crippen molar-refractivity contribution in [3.05, 3.63) is 48.3 Å². The first-order valence-corrected chi connectivity index (χ1v) is 8.62. The van der Waals surface area contributed by atoms with Gasteiger partial charge in [0.05, 0.1) is 11.8 Å². The summed E-state index contributed by atoms with van der Waals surface area (Å²) < 4.78 is 5.68. The summed E-state index contributed by atoms with van der Waals surface area (Å²) in [5.41, 5.74) is 7.72. The van der Waals surface area contributed by atoms with E-state index in [9.17, 15) is 4.79 Å². The van der Waals surface area contributed by atoms with Crippen LogP contribution in [0.2, 0.25) is 0 Å². The molecular formula is C17H15N5O2S. The van der Waals surface area contributed by atoms with Gasteiger partial charge >= 0.3 is 0 Å². The molecule has 0 unspecified atom stereocenters. The number of benzene rings is 1. The number of nitrogens with zero attached hydrogens (tertiary/aromatic N) is 3. The molecule has 0 saturated heterocycles. The van der Waals surface area contributed by atoms with Crippen molar-refractivity contribution in [3.63, 3.8) is 0 Å². The summed E-state index contributed by atoms with van der Waals surface area (Å²) in [5, 5.41) is 11.9. The Morgan fingerprint density at radius 1 is 1.28 bits per heavy atom. The highest BCUT2D eigenvalue weighted by Crippen LogP contribution is 2.31. The number of nitrogens with two attached hydrogens (primary N) is 1. The molecule has 2 heterocycles. The minimum atomic E-state index is -0.293. The van der Waals surface area contributed by atoms with Crippen molar-refractivity contribution in [2.45, 2.75) is 18.9 Å². The normalized spacial score (nSPS) is 13.4. The molecule has 0 radical (unpaired) electrons. The van der Waals surface area contributed by atoms with E-state index in [0.29, 0.717) is 27.1 Å². The zero-order chi connectivity index (χ0) is 17.2. The Kier molecular flexibility index (Phi) is 4.02. The second-order valence-electron chi connectivity index (χ2n) is 5.68. The maximum Gasteiger partial charge on any atom is 0.257 e. The average Bonchev–Trinajstić information content (AvgIpc) is 3.33. The molecule has 7 nitrogen and oxygen atoms in total. The lowest BCUT2D eigenvalue weighted by atomic mass is 10.2. The van der Waals surface area contributed by atoms with Crippen molar-refractivity contribution < 1.29 is 9.53 Å². The molecule has 0 spiro atoms. The summed E-state index contributed by atoms with van der Waals surface area (Å²) in [6.45, 7) is 0. The third kappa shape index (κ3) is 3.58. The highest BCUT2D eigenvalue weighted by atomic mass is 32.1. The first kappa shape index (κ1) is 15.5. The summed E-state index contributed by atoms with van der Waals surface area (Å²) in [5.74, 6) is 0.326. The topological polar surface area (TPSA) is 103 Å². The number of hydrogen-bond acceptors (Lipinski definition) is 7. The van der Waals surface area contributed by atoms with Crippen molar-refractivity contribution in [1.82, 2.24) is 15.2 Å². The van der Waals surface area contributed by atoms with E-state index in [1.54, 1.807) is 30.6 Å². The van der Waals surface area contributed by atoms with E-state index in [4.69, 9.17) is 10.5 Å². The van der Waals surface area contributed by atoms with Crippen LogP contribution >= 0.6 is 11.3 Å². The summed E-state index contributed by atoms with van der Waals surface area (Å²) in [6.07, 6.45) is 5.75. The van der Waals surface area contributed by atoms with Gasteiger partial charge in [0.25, 0.3) is 5.91 Å². The smallest absolute Gasteiger partial charge is 0.257 e. The second kappa shape index (κ2) is 6.48. The fraction of sp³-hybridized carbons (Fsp3) is 0.176. The predicted molar refractivity (Wildman–Crippen MR) is 95.6 cm³/mol. The number of carbonyl (C=O) groups excluding carboxylic acids is 1. The molecule has 2 aromatic heterocycles. The molecule has 1 aliphatic rings. The highest BCUT2D eigenvalue weighted by molar-refractivity contribution is 7.18. The maximum absolute atomic E-state index is 12.4. The second-order valence-corrected chi connectivity index (χ2v) is 6.66. The summed E-state index contributed by atoms with van der Waals surface area (Å²) in [4.78, 5) is 16.4. The van der Waals surface area contributed by atoms with Crippen LogP contribution < -0.4 is 15.8 Å². The predicted octanol–water partition coefficient (Wildman–Crippen LogP) is 2.98. The van der Waals surface area contributed by atoms with Crippen LogP contribution in [-0.4, -0.2) is 27.2 Å². The summed E-state index contributed by atoms with van der Waals surface area (Å²) >= 11 is 1.28. The fourth-order valence-electron chi connectivity index (χ4n) is 2.21. The zero-order valence-electron chi connectivity index (χ0n) is 13.2. The molecule has 8 heteroatoms. The van der Waals surface area contributed by atoms with Crippen LogP contribution in [-0.2, 0) is 0 Å². The van der Waals surface area contributed by atoms with Crippen molar-refractivity contribution in [2.24, 2.45) is 0 Å². The van der Waals surface area contributed by atoms with Crippen molar-refractivity contribution in [1.29, 1.82) is 0 Å². The molecule has 1 aromatic carbocycles. The lowest BCUT2D eigenvalue weighted by molar-refractivity contribution is 0.102. The fourth-order valence-corrected chi connectivity index (χ4v) is 2.94. The van der Waals surface area contributed by atoms with Gasteiger partial charge < -0.3 is 10.5 Å². The summed E-state index contributed by atoms with van der Waals surface area (Å²) in [7, 11) is 0. The van der Waals surface area contributed by atoms with Crippen molar-refractivity contribution in [3.8, 4) is 16.3 Å². The molecular weight excluding hydrogens is 338 g/mol. The highest BCUT2D eigenvalue weighted by Gasteiger charge is 2.24. The first-order chi connectivity index (χ1) is 12.2. The van der Waals surface area contributed by atoms with Gasteiger partial charge in [0.2, 0.25) is 5.13 Å². The average molecular weight is 353 g/mol. The zero-order valence-corrected chi connectivity index (χ0v) is 14.0. The van der Waals surface area contributed by atoms with Crippen LogP contribution in [0.25, 0.3) is 10.6 Å². The van der Waals surface area contributed by atoms with Crippen LogP contribution in [0.1, 0.15) is 23.2 Å². The Hall–Kier alpha value is -3.00. The maximum atomic E-state index is 12.4. The molecule has 1 saturated carbocycles. The molecule has 1 aliphatic carbocycles. The molecule has 1 amide bonds. The number of aromatic nitrogens is 3. The van der Waals surface area contributed by atoms with Crippen molar-refractivity contribution in [2.75, 3.05) is 11.1 Å². The molecule has 3 N–H and O–H groups in total. The lowest BCUT2D eigenvalue weighted by Crippen LogP contribution is -2.12.